The van der Waals surface area contributed by atoms with Crippen molar-refractivity contribution in [2.45, 2.75) is 34.1 Å². The fraction of sp³-hybridized carbons (Fsp3) is 0.0943. The molecule has 2 heteroatoms. The van der Waals surface area contributed by atoms with Crippen LogP contribution in [0.4, 0.5) is 17.1 Å². The summed E-state index contributed by atoms with van der Waals surface area (Å²) in [6.45, 7) is 9.04. The Morgan fingerprint density at radius 3 is 1.93 bits per heavy atom. The van der Waals surface area contributed by atoms with Crippen LogP contribution in [0.1, 0.15) is 33.4 Å². The molecule has 0 amide bonds. The summed E-state index contributed by atoms with van der Waals surface area (Å²) in [4.78, 5) is 2.52. The maximum absolute atomic E-state index is 2.52. The van der Waals surface area contributed by atoms with Gasteiger partial charge in [-0.2, -0.15) is 0 Å². The molecular weight excluding hydrogens is 683 g/mol. The fourth-order valence-electron chi connectivity index (χ4n) is 8.96. The van der Waals surface area contributed by atoms with E-state index >= 15 is 0 Å². The predicted molar refractivity (Wildman–Crippen MR) is 238 cm³/mol. The molecule has 264 valence electrons. The van der Waals surface area contributed by atoms with Gasteiger partial charge in [0.15, 0.2) is 0 Å². The molecule has 0 spiro atoms. The van der Waals surface area contributed by atoms with Gasteiger partial charge in [-0.15, -0.1) is 11.3 Å². The number of aryl methyl sites for hydroxylation is 3. The van der Waals surface area contributed by atoms with Gasteiger partial charge in [0.25, 0.3) is 0 Å². The molecule has 0 saturated heterocycles. The van der Waals surface area contributed by atoms with Gasteiger partial charge in [-0.1, -0.05) is 127 Å². The third kappa shape index (κ3) is 5.51. The van der Waals surface area contributed by atoms with Crippen LogP contribution < -0.4 is 4.90 Å². The Morgan fingerprint density at radius 2 is 1.07 bits per heavy atom. The van der Waals surface area contributed by atoms with Gasteiger partial charge in [0, 0.05) is 37.1 Å². The van der Waals surface area contributed by atoms with Crippen molar-refractivity contribution < 1.29 is 0 Å². The second-order valence-electron chi connectivity index (χ2n) is 15.1. The molecule has 10 rings (SSSR count). The lowest BCUT2D eigenvalue weighted by Crippen LogP contribution is -2.14. The molecule has 0 atom stereocenters. The van der Waals surface area contributed by atoms with Crippen molar-refractivity contribution in [3.63, 3.8) is 0 Å². The van der Waals surface area contributed by atoms with Crippen molar-refractivity contribution in [1.82, 2.24) is 0 Å². The SMILES string of the molecule is Cc1ccccc1-c1cccc(-c2c(C)ccc(C)c2N(c2ccc(-c3cccc4sc5ccccc5c34)cc2)c2ccc3c(c2)-c2ccccc2C3)c1C. The quantitative estimate of drug-likeness (QED) is 0.165. The fourth-order valence-corrected chi connectivity index (χ4v) is 10.1. The standard InChI is InChI=1S/C53H41NS/c1-33-13-5-7-15-42(33)43-18-11-19-44(36(43)4)51-34(2)23-24-35(3)53(51)54(41-30-27-39-31-38-14-6-8-16-45(38)48(39)32-41)40-28-25-37(26-29-40)46-20-12-22-50-52(46)47-17-9-10-21-49(47)55-50/h5-30,32H,31H2,1-4H3. The molecule has 0 saturated carbocycles. The van der Waals surface area contributed by atoms with Gasteiger partial charge < -0.3 is 4.90 Å². The first-order valence-corrected chi connectivity index (χ1v) is 20.0. The van der Waals surface area contributed by atoms with E-state index in [1.807, 2.05) is 11.3 Å². The first kappa shape index (κ1) is 33.4. The molecule has 1 aromatic heterocycles. The van der Waals surface area contributed by atoms with E-state index in [-0.39, 0.29) is 0 Å². The summed E-state index contributed by atoms with van der Waals surface area (Å²) in [5.74, 6) is 0. The van der Waals surface area contributed by atoms with Gasteiger partial charge in [0.05, 0.1) is 5.69 Å². The van der Waals surface area contributed by atoms with Gasteiger partial charge in [0.1, 0.15) is 0 Å². The molecule has 1 nitrogen and oxygen atoms in total. The maximum atomic E-state index is 2.52. The van der Waals surface area contributed by atoms with Crippen molar-refractivity contribution in [3.8, 4) is 44.5 Å². The lowest BCUT2D eigenvalue weighted by atomic mass is 9.87. The zero-order chi connectivity index (χ0) is 37.2. The molecule has 0 radical (unpaired) electrons. The van der Waals surface area contributed by atoms with Crippen LogP contribution in [0.5, 0.6) is 0 Å². The third-order valence-electron chi connectivity index (χ3n) is 11.7. The monoisotopic (exact) mass is 723 g/mol. The minimum atomic E-state index is 0.975. The smallest absolute Gasteiger partial charge is 0.0571 e. The minimum absolute atomic E-state index is 0.975. The topological polar surface area (TPSA) is 3.24 Å². The zero-order valence-electron chi connectivity index (χ0n) is 31.7. The molecule has 0 bridgehead atoms. The van der Waals surface area contributed by atoms with Crippen molar-refractivity contribution in [2.75, 3.05) is 4.90 Å². The Balaban J connectivity index is 1.19. The van der Waals surface area contributed by atoms with Crippen LogP contribution in [-0.4, -0.2) is 0 Å². The molecular formula is C53H41NS. The Hall–Kier alpha value is -6.22. The lowest BCUT2D eigenvalue weighted by molar-refractivity contribution is 1.22. The number of hydrogen-bond donors (Lipinski definition) is 0. The highest BCUT2D eigenvalue weighted by Gasteiger charge is 2.26. The van der Waals surface area contributed by atoms with E-state index < -0.39 is 0 Å². The van der Waals surface area contributed by atoms with E-state index in [0.29, 0.717) is 0 Å². The number of fused-ring (bicyclic) bond motifs is 6. The average Bonchev–Trinajstić information content (AvgIpc) is 3.79. The molecule has 1 aliphatic rings. The number of thiophene rings is 1. The molecule has 55 heavy (non-hydrogen) atoms. The average molecular weight is 724 g/mol. The second-order valence-corrected chi connectivity index (χ2v) is 16.1. The lowest BCUT2D eigenvalue weighted by Gasteiger charge is -2.31. The van der Waals surface area contributed by atoms with Crippen LogP contribution in [0, 0.1) is 27.7 Å². The Bertz CT molecular complexity index is 2950. The number of nitrogens with zero attached hydrogens (tertiary/aromatic N) is 1. The number of anilines is 3. The zero-order valence-corrected chi connectivity index (χ0v) is 32.5. The molecule has 0 aliphatic heterocycles. The number of benzene rings is 8. The molecule has 8 aromatic carbocycles. The molecule has 9 aromatic rings. The van der Waals surface area contributed by atoms with Crippen molar-refractivity contribution in [1.29, 1.82) is 0 Å². The summed E-state index contributed by atoms with van der Waals surface area (Å²) in [5.41, 5.74) is 21.7. The van der Waals surface area contributed by atoms with E-state index in [2.05, 4.69) is 196 Å². The van der Waals surface area contributed by atoms with Crippen LogP contribution in [-0.2, 0) is 6.42 Å². The van der Waals surface area contributed by atoms with Gasteiger partial charge >= 0.3 is 0 Å². The second kappa shape index (κ2) is 13.3. The van der Waals surface area contributed by atoms with Crippen LogP contribution in [0.3, 0.4) is 0 Å². The molecule has 0 unspecified atom stereocenters. The Kier molecular flexibility index (Phi) is 8.05. The maximum Gasteiger partial charge on any atom is 0.0571 e. The molecule has 0 fully saturated rings. The summed E-state index contributed by atoms with van der Waals surface area (Å²) in [6, 6.07) is 61.0. The van der Waals surface area contributed by atoms with Crippen LogP contribution in [0.15, 0.2) is 164 Å². The van der Waals surface area contributed by atoms with Crippen molar-refractivity contribution in [3.05, 3.63) is 197 Å². The van der Waals surface area contributed by atoms with E-state index in [4.69, 9.17) is 0 Å². The minimum Gasteiger partial charge on any atom is -0.310 e. The summed E-state index contributed by atoms with van der Waals surface area (Å²) in [5, 5.41) is 2.66. The summed E-state index contributed by atoms with van der Waals surface area (Å²) in [6.07, 6.45) is 0.975. The Morgan fingerprint density at radius 1 is 0.436 bits per heavy atom. The van der Waals surface area contributed by atoms with Gasteiger partial charge in [-0.05, 0) is 143 Å². The highest BCUT2D eigenvalue weighted by atomic mass is 32.1. The van der Waals surface area contributed by atoms with Crippen molar-refractivity contribution >= 4 is 48.6 Å². The van der Waals surface area contributed by atoms with E-state index in [0.717, 1.165) is 17.8 Å². The highest BCUT2D eigenvalue weighted by molar-refractivity contribution is 7.25. The summed E-state index contributed by atoms with van der Waals surface area (Å²) < 4.78 is 2.65. The Labute approximate surface area is 327 Å². The number of hydrogen-bond acceptors (Lipinski definition) is 2. The van der Waals surface area contributed by atoms with Gasteiger partial charge in [-0.3, -0.25) is 0 Å². The predicted octanol–water partition coefficient (Wildman–Crippen LogP) is 15.3. The van der Waals surface area contributed by atoms with Gasteiger partial charge in [-0.25, -0.2) is 0 Å². The molecule has 0 N–H and O–H groups in total. The van der Waals surface area contributed by atoms with E-state index in [9.17, 15) is 0 Å². The van der Waals surface area contributed by atoms with Crippen LogP contribution in [0.25, 0.3) is 64.7 Å². The van der Waals surface area contributed by atoms with Crippen LogP contribution >= 0.6 is 11.3 Å². The van der Waals surface area contributed by atoms with Gasteiger partial charge in [0.2, 0.25) is 0 Å². The first-order chi connectivity index (χ1) is 26.9. The van der Waals surface area contributed by atoms with Crippen molar-refractivity contribution in [2.24, 2.45) is 0 Å². The first-order valence-electron chi connectivity index (χ1n) is 19.2. The van der Waals surface area contributed by atoms with E-state index in [1.165, 1.54) is 104 Å². The summed E-state index contributed by atoms with van der Waals surface area (Å²) >= 11 is 1.87. The highest BCUT2D eigenvalue weighted by Crippen LogP contribution is 2.49. The largest absolute Gasteiger partial charge is 0.310 e. The van der Waals surface area contributed by atoms with Crippen LogP contribution in [0.2, 0.25) is 0 Å². The normalized spacial score (nSPS) is 11.9. The third-order valence-corrected chi connectivity index (χ3v) is 12.9. The molecule has 1 heterocycles. The van der Waals surface area contributed by atoms with E-state index in [1.54, 1.807) is 0 Å². The molecule has 1 aliphatic carbocycles. The number of rotatable bonds is 6. The summed E-state index contributed by atoms with van der Waals surface area (Å²) in [7, 11) is 0.